The molecule has 1 fully saturated rings. The van der Waals surface area contributed by atoms with Gasteiger partial charge >= 0.3 is 0 Å². The lowest BCUT2D eigenvalue weighted by molar-refractivity contribution is -0.133. The number of carbonyl (C=O) groups excluding carboxylic acids is 1. The first-order chi connectivity index (χ1) is 16.1. The fourth-order valence-electron chi connectivity index (χ4n) is 3.84. The van der Waals surface area contributed by atoms with E-state index in [9.17, 15) is 4.79 Å². The maximum Gasteiger partial charge on any atom is 0.260 e. The Bertz CT molecular complexity index is 1270. The van der Waals surface area contributed by atoms with Crippen LogP contribution in [0, 0.1) is 0 Å². The number of anilines is 2. The average molecular weight is 524 g/mol. The number of halogens is 1. The third-order valence-corrected chi connectivity index (χ3v) is 7.16. The van der Waals surface area contributed by atoms with E-state index < -0.39 is 0 Å². The zero-order valence-corrected chi connectivity index (χ0v) is 20.2. The Balaban J connectivity index is 1.27. The SMILES string of the molecule is Nc1nc(N2CCN(C(=O)COc3ccc(Br)cc3)CC2)c2cc(-c3ccccc3)sc2n1. The third kappa shape index (κ3) is 4.79. The van der Waals surface area contributed by atoms with Crippen molar-refractivity contribution in [2.45, 2.75) is 0 Å². The van der Waals surface area contributed by atoms with E-state index in [2.05, 4.69) is 49.0 Å². The summed E-state index contributed by atoms with van der Waals surface area (Å²) in [5.41, 5.74) is 7.18. The third-order valence-electron chi connectivity index (χ3n) is 5.56. The molecule has 3 heterocycles. The molecule has 7 nitrogen and oxygen atoms in total. The number of benzene rings is 2. The summed E-state index contributed by atoms with van der Waals surface area (Å²) in [6.45, 7) is 2.57. The maximum absolute atomic E-state index is 12.6. The second-order valence-electron chi connectivity index (χ2n) is 7.71. The Morgan fingerprint density at radius 3 is 2.48 bits per heavy atom. The smallest absolute Gasteiger partial charge is 0.260 e. The molecule has 0 saturated carbocycles. The van der Waals surface area contributed by atoms with Crippen molar-refractivity contribution < 1.29 is 9.53 Å². The number of aromatic nitrogens is 2. The van der Waals surface area contributed by atoms with E-state index in [1.165, 1.54) is 0 Å². The van der Waals surface area contributed by atoms with Gasteiger partial charge in [0.2, 0.25) is 5.95 Å². The van der Waals surface area contributed by atoms with Crippen molar-refractivity contribution in [3.05, 3.63) is 65.1 Å². The molecule has 1 amide bonds. The molecule has 1 aliphatic rings. The van der Waals surface area contributed by atoms with Gasteiger partial charge in [0, 0.05) is 35.5 Å². The van der Waals surface area contributed by atoms with Gasteiger partial charge < -0.3 is 20.3 Å². The summed E-state index contributed by atoms with van der Waals surface area (Å²) < 4.78 is 6.61. The molecule has 168 valence electrons. The predicted molar refractivity (Wildman–Crippen MR) is 136 cm³/mol. The van der Waals surface area contributed by atoms with Crippen molar-refractivity contribution in [2.24, 2.45) is 0 Å². The van der Waals surface area contributed by atoms with E-state index in [0.29, 0.717) is 31.9 Å². The Morgan fingerprint density at radius 1 is 1.03 bits per heavy atom. The highest BCUT2D eigenvalue weighted by atomic mass is 79.9. The summed E-state index contributed by atoms with van der Waals surface area (Å²) >= 11 is 5.01. The fourth-order valence-corrected chi connectivity index (χ4v) is 5.15. The van der Waals surface area contributed by atoms with Crippen molar-refractivity contribution in [3.63, 3.8) is 0 Å². The summed E-state index contributed by atoms with van der Waals surface area (Å²) in [7, 11) is 0. The number of rotatable bonds is 5. The van der Waals surface area contributed by atoms with Crippen LogP contribution in [-0.2, 0) is 4.79 Å². The number of carbonyl (C=O) groups is 1. The van der Waals surface area contributed by atoms with Gasteiger partial charge in [-0.05, 0) is 35.9 Å². The minimum absolute atomic E-state index is 0.0215. The predicted octanol–water partition coefficient (Wildman–Crippen LogP) is 4.43. The van der Waals surface area contributed by atoms with Gasteiger partial charge in [0.1, 0.15) is 16.4 Å². The van der Waals surface area contributed by atoms with E-state index in [1.807, 2.05) is 47.4 Å². The van der Waals surface area contributed by atoms with Crippen molar-refractivity contribution in [1.29, 1.82) is 0 Å². The van der Waals surface area contributed by atoms with Crippen molar-refractivity contribution in [2.75, 3.05) is 43.4 Å². The number of nitrogens with zero attached hydrogens (tertiary/aromatic N) is 4. The number of hydrogen-bond donors (Lipinski definition) is 1. The highest BCUT2D eigenvalue weighted by molar-refractivity contribution is 9.10. The summed E-state index contributed by atoms with van der Waals surface area (Å²) in [5.74, 6) is 1.75. The van der Waals surface area contributed by atoms with Gasteiger partial charge in [-0.25, -0.2) is 4.98 Å². The summed E-state index contributed by atoms with van der Waals surface area (Å²) in [6, 6.07) is 19.8. The molecule has 1 saturated heterocycles. The molecule has 5 rings (SSSR count). The number of nitrogens with two attached hydrogens (primary N) is 1. The quantitative estimate of drug-likeness (QED) is 0.416. The van der Waals surface area contributed by atoms with Crippen LogP contribution in [0.1, 0.15) is 0 Å². The normalized spacial score (nSPS) is 14.0. The van der Waals surface area contributed by atoms with Crippen molar-refractivity contribution >= 4 is 55.2 Å². The van der Waals surface area contributed by atoms with Crippen LogP contribution >= 0.6 is 27.3 Å². The van der Waals surface area contributed by atoms with Crippen LogP contribution in [0.5, 0.6) is 5.75 Å². The van der Waals surface area contributed by atoms with E-state index >= 15 is 0 Å². The van der Waals surface area contributed by atoms with Crippen LogP contribution in [0.2, 0.25) is 0 Å². The van der Waals surface area contributed by atoms with Gasteiger partial charge in [-0.1, -0.05) is 46.3 Å². The number of fused-ring (bicyclic) bond motifs is 1. The van der Waals surface area contributed by atoms with Gasteiger partial charge in [-0.15, -0.1) is 11.3 Å². The maximum atomic E-state index is 12.6. The largest absolute Gasteiger partial charge is 0.484 e. The standard InChI is InChI=1S/C24H22BrN5O2S/c25-17-6-8-18(9-7-17)32-15-21(31)29-10-12-30(13-11-29)22-19-14-20(16-4-2-1-3-5-16)33-23(19)28-24(26)27-22/h1-9,14H,10-13,15H2,(H2,26,27,28). The first-order valence-electron chi connectivity index (χ1n) is 10.6. The first kappa shape index (κ1) is 21.7. The topological polar surface area (TPSA) is 84.6 Å². The molecule has 0 radical (unpaired) electrons. The lowest BCUT2D eigenvalue weighted by atomic mass is 10.2. The zero-order chi connectivity index (χ0) is 22.8. The molecule has 0 unspecified atom stereocenters. The monoisotopic (exact) mass is 523 g/mol. The molecule has 0 atom stereocenters. The number of amides is 1. The Morgan fingerprint density at radius 2 is 1.76 bits per heavy atom. The van der Waals surface area contributed by atoms with Crippen LogP contribution in [0.4, 0.5) is 11.8 Å². The van der Waals surface area contributed by atoms with Crippen molar-refractivity contribution in [3.8, 4) is 16.2 Å². The van der Waals surface area contributed by atoms with Crippen LogP contribution in [-0.4, -0.2) is 53.6 Å². The molecular formula is C24H22BrN5O2S. The molecule has 1 aliphatic heterocycles. The van der Waals surface area contributed by atoms with Gasteiger partial charge in [0.25, 0.3) is 5.91 Å². The van der Waals surface area contributed by atoms with E-state index in [4.69, 9.17) is 10.5 Å². The second-order valence-corrected chi connectivity index (χ2v) is 9.66. The minimum Gasteiger partial charge on any atom is -0.484 e. The molecule has 0 spiro atoms. The number of piperazine rings is 1. The number of nitrogen functional groups attached to an aromatic ring is 1. The van der Waals surface area contributed by atoms with Crippen LogP contribution in [0.3, 0.4) is 0 Å². The van der Waals surface area contributed by atoms with Gasteiger partial charge in [0.15, 0.2) is 6.61 Å². The van der Waals surface area contributed by atoms with E-state index in [0.717, 1.165) is 30.9 Å². The minimum atomic E-state index is -0.0215. The molecule has 33 heavy (non-hydrogen) atoms. The lowest BCUT2D eigenvalue weighted by Gasteiger charge is -2.35. The van der Waals surface area contributed by atoms with Crippen LogP contribution in [0.25, 0.3) is 20.7 Å². The zero-order valence-electron chi connectivity index (χ0n) is 17.8. The Hall–Kier alpha value is -3.17. The molecule has 2 N–H and O–H groups in total. The lowest BCUT2D eigenvalue weighted by Crippen LogP contribution is -2.50. The average Bonchev–Trinajstić information content (AvgIpc) is 3.28. The molecule has 0 aliphatic carbocycles. The first-order valence-corrected chi connectivity index (χ1v) is 12.2. The number of thiophene rings is 1. The summed E-state index contributed by atoms with van der Waals surface area (Å²) in [6.07, 6.45) is 0. The molecule has 2 aromatic carbocycles. The number of hydrogen-bond acceptors (Lipinski definition) is 7. The van der Waals surface area contributed by atoms with Gasteiger partial charge in [-0.3, -0.25) is 4.79 Å². The highest BCUT2D eigenvalue weighted by Gasteiger charge is 2.24. The Kier molecular flexibility index (Phi) is 6.15. The molecule has 9 heteroatoms. The number of ether oxygens (including phenoxy) is 1. The van der Waals surface area contributed by atoms with Crippen LogP contribution < -0.4 is 15.4 Å². The van der Waals surface area contributed by atoms with E-state index in [-0.39, 0.29) is 18.5 Å². The summed E-state index contributed by atoms with van der Waals surface area (Å²) in [5, 5.41) is 0.992. The second kappa shape index (κ2) is 9.36. The van der Waals surface area contributed by atoms with E-state index in [1.54, 1.807) is 11.3 Å². The molecule has 2 aromatic heterocycles. The Labute approximate surface area is 203 Å². The van der Waals surface area contributed by atoms with Gasteiger partial charge in [-0.2, -0.15) is 4.98 Å². The van der Waals surface area contributed by atoms with Gasteiger partial charge in [0.05, 0.1) is 5.39 Å². The highest BCUT2D eigenvalue weighted by Crippen LogP contribution is 2.37. The fraction of sp³-hybridized carbons (Fsp3) is 0.208. The molecule has 0 bridgehead atoms. The van der Waals surface area contributed by atoms with Crippen LogP contribution in [0.15, 0.2) is 65.1 Å². The van der Waals surface area contributed by atoms with Crippen molar-refractivity contribution in [1.82, 2.24) is 14.9 Å². The molecule has 4 aromatic rings. The molecular weight excluding hydrogens is 502 g/mol. The summed E-state index contributed by atoms with van der Waals surface area (Å²) in [4.78, 5) is 27.7.